The Kier molecular flexibility index (Phi) is 10.2. The molecular weight excluding hydrogens is 503 g/mol. The fourth-order valence-electron chi connectivity index (χ4n) is 4.60. The molecule has 0 radical (unpaired) electrons. The molecule has 0 aliphatic heterocycles. The van der Waals surface area contributed by atoms with Crippen molar-refractivity contribution in [2.24, 2.45) is 5.41 Å². The summed E-state index contributed by atoms with van der Waals surface area (Å²) >= 11 is 12.2. The summed E-state index contributed by atoms with van der Waals surface area (Å²) < 4.78 is 10.2. The van der Waals surface area contributed by atoms with Crippen LogP contribution >= 0.6 is 23.2 Å². The van der Waals surface area contributed by atoms with Gasteiger partial charge in [0, 0.05) is 26.7 Å². The lowest BCUT2D eigenvalue weighted by Gasteiger charge is -2.29. The fourth-order valence-corrected chi connectivity index (χ4v) is 5.17. The molecule has 1 fully saturated rings. The van der Waals surface area contributed by atoms with E-state index in [4.69, 9.17) is 32.7 Å². The monoisotopic (exact) mass is 534 g/mol. The van der Waals surface area contributed by atoms with Gasteiger partial charge in [-0.05, 0) is 42.5 Å². The van der Waals surface area contributed by atoms with Crippen LogP contribution in [-0.2, 0) is 32.0 Å². The van der Waals surface area contributed by atoms with E-state index in [1.54, 1.807) is 25.3 Å². The molecule has 0 spiro atoms. The van der Waals surface area contributed by atoms with E-state index in [0.717, 1.165) is 36.8 Å². The smallest absolute Gasteiger partial charge is 0.328 e. The van der Waals surface area contributed by atoms with Gasteiger partial charge in [0.1, 0.15) is 6.04 Å². The molecule has 9 heteroatoms. The van der Waals surface area contributed by atoms with Gasteiger partial charge in [0.05, 0.1) is 28.1 Å². The van der Waals surface area contributed by atoms with Crippen molar-refractivity contribution in [3.05, 3.63) is 69.2 Å². The second-order valence-electron chi connectivity index (χ2n) is 9.08. The summed E-state index contributed by atoms with van der Waals surface area (Å²) in [5.74, 6) is -0.973. The van der Waals surface area contributed by atoms with Crippen LogP contribution in [0.4, 0.5) is 0 Å². The number of amides is 2. The molecule has 0 bridgehead atoms. The fraction of sp³-hybridized carbons (Fsp3) is 0.444. The van der Waals surface area contributed by atoms with Gasteiger partial charge < -0.3 is 20.1 Å². The molecule has 7 nitrogen and oxygen atoms in total. The predicted octanol–water partition coefficient (Wildman–Crippen LogP) is 4.72. The van der Waals surface area contributed by atoms with Crippen LogP contribution < -0.4 is 10.6 Å². The number of ether oxygens (including phenoxy) is 2. The third-order valence-corrected chi connectivity index (χ3v) is 7.35. The zero-order valence-corrected chi connectivity index (χ0v) is 22.1. The maximum Gasteiger partial charge on any atom is 0.328 e. The van der Waals surface area contributed by atoms with Crippen molar-refractivity contribution in [3.63, 3.8) is 0 Å². The Morgan fingerprint density at radius 2 is 1.58 bits per heavy atom. The number of nitrogens with one attached hydrogen (secondary N) is 2. The molecule has 2 aromatic rings. The number of methoxy groups -OCH3 is 2. The Balaban J connectivity index is 1.63. The van der Waals surface area contributed by atoms with E-state index in [1.165, 1.54) is 7.11 Å². The highest BCUT2D eigenvalue weighted by molar-refractivity contribution is 6.39. The Morgan fingerprint density at radius 3 is 2.17 bits per heavy atom. The summed E-state index contributed by atoms with van der Waals surface area (Å²) in [6.07, 6.45) is 4.47. The molecule has 0 unspecified atom stereocenters. The van der Waals surface area contributed by atoms with Crippen LogP contribution in [0.2, 0.25) is 10.0 Å². The highest BCUT2D eigenvalue weighted by atomic mass is 35.5. The molecular formula is C27H32Cl2N2O5. The molecule has 0 heterocycles. The van der Waals surface area contributed by atoms with Gasteiger partial charge in [-0.2, -0.15) is 0 Å². The van der Waals surface area contributed by atoms with Gasteiger partial charge in [-0.1, -0.05) is 66.4 Å². The third kappa shape index (κ3) is 6.99. The van der Waals surface area contributed by atoms with Crippen molar-refractivity contribution in [2.45, 2.75) is 51.1 Å². The first-order chi connectivity index (χ1) is 17.3. The molecule has 1 atom stereocenters. The summed E-state index contributed by atoms with van der Waals surface area (Å²) in [5.41, 5.74) is 1.44. The lowest BCUT2D eigenvalue weighted by molar-refractivity contribution is -0.146. The van der Waals surface area contributed by atoms with Crippen molar-refractivity contribution in [1.29, 1.82) is 0 Å². The zero-order valence-electron chi connectivity index (χ0n) is 20.6. The van der Waals surface area contributed by atoms with E-state index >= 15 is 0 Å². The number of hydrogen-bond donors (Lipinski definition) is 2. The van der Waals surface area contributed by atoms with E-state index in [0.29, 0.717) is 19.4 Å². The highest BCUT2D eigenvalue weighted by Crippen LogP contribution is 2.41. The lowest BCUT2D eigenvalue weighted by atomic mass is 9.81. The first-order valence-corrected chi connectivity index (χ1v) is 12.7. The Morgan fingerprint density at radius 1 is 0.972 bits per heavy atom. The molecule has 0 saturated heterocycles. The molecule has 1 saturated carbocycles. The van der Waals surface area contributed by atoms with Crippen molar-refractivity contribution < 1.29 is 23.9 Å². The number of benzene rings is 2. The van der Waals surface area contributed by atoms with Crippen LogP contribution in [0.15, 0.2) is 42.5 Å². The molecule has 1 aliphatic carbocycles. The summed E-state index contributed by atoms with van der Waals surface area (Å²) in [6.45, 7) is 0.775. The minimum absolute atomic E-state index is 0.120. The Bertz CT molecular complexity index is 1050. The highest BCUT2D eigenvalue weighted by Gasteiger charge is 2.42. The van der Waals surface area contributed by atoms with Crippen molar-refractivity contribution in [3.8, 4) is 0 Å². The maximum atomic E-state index is 13.2. The molecule has 3 rings (SSSR count). The van der Waals surface area contributed by atoms with E-state index < -0.39 is 17.4 Å². The third-order valence-electron chi connectivity index (χ3n) is 6.72. The SMILES string of the molecule is COCCC1(C(=O)N[C@@H](Cc2ccc(CNC(=O)c3c(Cl)cccc3Cl)cc2)C(=O)OC)CCCC1. The standard InChI is InChI=1S/C27H32Cl2N2O5/c1-35-15-14-27(12-3-4-13-27)26(34)31-22(25(33)36-2)16-18-8-10-19(11-9-18)17-30-24(32)23-20(28)6-5-7-21(23)29/h5-11,22H,3-4,12-17H2,1-2H3,(H,30,32)(H,31,34)/t22-/m0/s1. The first kappa shape index (κ1) is 28.0. The number of rotatable bonds is 11. The number of carbonyl (C=O) groups excluding carboxylic acids is 3. The average Bonchev–Trinajstić information content (AvgIpc) is 3.36. The summed E-state index contributed by atoms with van der Waals surface area (Å²) in [7, 11) is 2.94. The van der Waals surface area contributed by atoms with Gasteiger partial charge in [0.2, 0.25) is 5.91 Å². The maximum absolute atomic E-state index is 13.2. The van der Waals surface area contributed by atoms with E-state index in [1.807, 2.05) is 24.3 Å². The van der Waals surface area contributed by atoms with Crippen LogP contribution in [0.3, 0.4) is 0 Å². The normalized spacial score (nSPS) is 15.2. The predicted molar refractivity (Wildman–Crippen MR) is 139 cm³/mol. The van der Waals surface area contributed by atoms with Crippen LogP contribution in [-0.4, -0.2) is 44.7 Å². The quantitative estimate of drug-likeness (QED) is 0.406. The Hall–Kier alpha value is -2.61. The van der Waals surface area contributed by atoms with Crippen LogP contribution in [0.5, 0.6) is 0 Å². The van der Waals surface area contributed by atoms with Gasteiger partial charge in [0.15, 0.2) is 0 Å². The first-order valence-electron chi connectivity index (χ1n) is 12.0. The number of esters is 1. The van der Waals surface area contributed by atoms with Gasteiger partial charge in [-0.3, -0.25) is 9.59 Å². The van der Waals surface area contributed by atoms with Gasteiger partial charge in [-0.25, -0.2) is 4.79 Å². The summed E-state index contributed by atoms with van der Waals surface area (Å²) in [5, 5.41) is 6.32. The lowest BCUT2D eigenvalue weighted by Crippen LogP contribution is -2.49. The van der Waals surface area contributed by atoms with Gasteiger partial charge in [-0.15, -0.1) is 0 Å². The van der Waals surface area contributed by atoms with Crippen LogP contribution in [0.1, 0.15) is 53.6 Å². The zero-order chi connectivity index (χ0) is 26.1. The molecule has 36 heavy (non-hydrogen) atoms. The number of halogens is 2. The minimum atomic E-state index is -0.796. The van der Waals surface area contributed by atoms with Gasteiger partial charge in [0.25, 0.3) is 5.91 Å². The largest absolute Gasteiger partial charge is 0.467 e. The summed E-state index contributed by atoms with van der Waals surface area (Å²) in [6, 6.07) is 11.5. The van der Waals surface area contributed by atoms with E-state index in [2.05, 4.69) is 10.6 Å². The van der Waals surface area contributed by atoms with Crippen LogP contribution in [0, 0.1) is 5.41 Å². The average molecular weight is 535 g/mol. The summed E-state index contributed by atoms with van der Waals surface area (Å²) in [4.78, 5) is 38.2. The van der Waals surface area contributed by atoms with Crippen molar-refractivity contribution in [1.82, 2.24) is 10.6 Å². The van der Waals surface area contributed by atoms with E-state index in [-0.39, 0.29) is 34.0 Å². The van der Waals surface area contributed by atoms with E-state index in [9.17, 15) is 14.4 Å². The van der Waals surface area contributed by atoms with Gasteiger partial charge >= 0.3 is 5.97 Å². The molecule has 2 N–H and O–H groups in total. The second-order valence-corrected chi connectivity index (χ2v) is 9.89. The van der Waals surface area contributed by atoms with Crippen molar-refractivity contribution >= 4 is 41.0 Å². The molecule has 2 amide bonds. The minimum Gasteiger partial charge on any atom is -0.467 e. The Labute approximate surface area is 221 Å². The second kappa shape index (κ2) is 13.1. The molecule has 1 aliphatic rings. The molecule has 0 aromatic heterocycles. The van der Waals surface area contributed by atoms with Crippen molar-refractivity contribution in [2.75, 3.05) is 20.8 Å². The molecule has 194 valence electrons. The molecule has 2 aromatic carbocycles. The number of hydrogen-bond acceptors (Lipinski definition) is 5. The topological polar surface area (TPSA) is 93.7 Å². The van der Waals surface area contributed by atoms with Crippen LogP contribution in [0.25, 0.3) is 0 Å². The number of carbonyl (C=O) groups is 3.